The third-order valence-electron chi connectivity index (χ3n) is 4.40. The van der Waals surface area contributed by atoms with Crippen molar-refractivity contribution in [3.05, 3.63) is 59.7 Å². The maximum Gasteiger partial charge on any atom is 0.238 e. The summed E-state index contributed by atoms with van der Waals surface area (Å²) in [6, 6.07) is 15.9. The predicted octanol–water partition coefficient (Wildman–Crippen LogP) is 2.94. The smallest absolute Gasteiger partial charge is 0.238 e. The third kappa shape index (κ3) is 3.80. The molecule has 2 aromatic rings. The Morgan fingerprint density at radius 3 is 2.92 bits per heavy atom. The Labute approximate surface area is 146 Å². The highest BCUT2D eigenvalue weighted by Gasteiger charge is 2.27. The molecule has 5 heteroatoms. The molecule has 0 aromatic heterocycles. The first-order valence-electron chi connectivity index (χ1n) is 8.08. The van der Waals surface area contributed by atoms with E-state index in [1.165, 1.54) is 5.56 Å². The number of rotatable bonds is 5. The molecule has 126 valence electrons. The van der Waals surface area contributed by atoms with Crippen LogP contribution in [0.15, 0.2) is 53.4 Å². The highest BCUT2D eigenvalue weighted by Crippen LogP contribution is 2.29. The number of aliphatic hydroxyl groups is 1. The lowest BCUT2D eigenvalue weighted by Gasteiger charge is -2.35. The van der Waals surface area contributed by atoms with Crippen LogP contribution in [0.25, 0.3) is 0 Å². The first-order valence-corrected chi connectivity index (χ1v) is 9.30. The summed E-state index contributed by atoms with van der Waals surface area (Å²) in [5.74, 6) is -0.0499. The molecule has 24 heavy (non-hydrogen) atoms. The summed E-state index contributed by atoms with van der Waals surface area (Å²) in [5, 5.41) is 12.8. The van der Waals surface area contributed by atoms with Gasteiger partial charge in [0.25, 0.3) is 0 Å². The maximum absolute atomic E-state index is 12.4. The van der Waals surface area contributed by atoms with Crippen molar-refractivity contribution in [2.24, 2.45) is 0 Å². The second kappa shape index (κ2) is 7.83. The summed E-state index contributed by atoms with van der Waals surface area (Å²) in [7, 11) is 0. The molecule has 0 fully saturated rings. The van der Waals surface area contributed by atoms with Crippen molar-refractivity contribution >= 4 is 23.4 Å². The lowest BCUT2D eigenvalue weighted by molar-refractivity contribution is -0.118. The van der Waals surface area contributed by atoms with Gasteiger partial charge in [-0.2, -0.15) is 0 Å². The summed E-state index contributed by atoms with van der Waals surface area (Å²) in [5.41, 5.74) is 3.20. The Morgan fingerprint density at radius 1 is 1.29 bits per heavy atom. The number of benzene rings is 2. The van der Waals surface area contributed by atoms with Gasteiger partial charge in [0.2, 0.25) is 5.91 Å². The molecule has 0 bridgehead atoms. The van der Waals surface area contributed by atoms with E-state index in [0.29, 0.717) is 0 Å². The first-order chi connectivity index (χ1) is 11.7. The highest BCUT2D eigenvalue weighted by atomic mass is 32.2. The zero-order chi connectivity index (χ0) is 16.9. The van der Waals surface area contributed by atoms with Gasteiger partial charge in [-0.25, -0.2) is 0 Å². The second-order valence-electron chi connectivity index (χ2n) is 5.90. The second-order valence-corrected chi connectivity index (χ2v) is 6.78. The topological polar surface area (TPSA) is 52.6 Å². The fourth-order valence-electron chi connectivity index (χ4n) is 3.19. The van der Waals surface area contributed by atoms with E-state index >= 15 is 0 Å². The molecule has 2 aromatic carbocycles. The summed E-state index contributed by atoms with van der Waals surface area (Å²) >= 11 is 1.65. The molecule has 1 aliphatic rings. The highest BCUT2D eigenvalue weighted by molar-refractivity contribution is 7.98. The fourth-order valence-corrected chi connectivity index (χ4v) is 3.65. The van der Waals surface area contributed by atoms with E-state index in [1.807, 2.05) is 48.7 Å². The SMILES string of the molecule is CSc1cccc(NC(=O)CN2CCc3ccccc3C2CO)c1. The average Bonchev–Trinajstić information content (AvgIpc) is 2.61. The zero-order valence-electron chi connectivity index (χ0n) is 13.7. The van der Waals surface area contributed by atoms with Crippen LogP contribution in [0, 0.1) is 0 Å². The Bertz CT molecular complexity index is 720. The summed E-state index contributed by atoms with van der Waals surface area (Å²) < 4.78 is 0. The molecule has 0 spiro atoms. The predicted molar refractivity (Wildman–Crippen MR) is 98.4 cm³/mol. The zero-order valence-corrected chi connectivity index (χ0v) is 14.6. The molecule has 1 atom stereocenters. The lowest BCUT2D eigenvalue weighted by Crippen LogP contribution is -2.42. The van der Waals surface area contributed by atoms with E-state index in [-0.39, 0.29) is 25.1 Å². The van der Waals surface area contributed by atoms with Crippen LogP contribution >= 0.6 is 11.8 Å². The number of hydrogen-bond acceptors (Lipinski definition) is 4. The summed E-state index contributed by atoms with van der Waals surface area (Å²) in [4.78, 5) is 15.6. The molecule has 0 saturated heterocycles. The molecule has 1 unspecified atom stereocenters. The van der Waals surface area contributed by atoms with Gasteiger partial charge in [-0.05, 0) is 42.0 Å². The minimum Gasteiger partial charge on any atom is -0.394 e. The van der Waals surface area contributed by atoms with Crippen LogP contribution in [0.3, 0.4) is 0 Å². The van der Waals surface area contributed by atoms with Crippen LogP contribution in [-0.2, 0) is 11.2 Å². The minimum atomic E-state index is -0.113. The van der Waals surface area contributed by atoms with E-state index < -0.39 is 0 Å². The van der Waals surface area contributed by atoms with Crippen molar-refractivity contribution in [3.63, 3.8) is 0 Å². The Morgan fingerprint density at radius 2 is 2.12 bits per heavy atom. The van der Waals surface area contributed by atoms with Gasteiger partial charge < -0.3 is 10.4 Å². The number of carbonyl (C=O) groups excluding carboxylic acids is 1. The van der Waals surface area contributed by atoms with Gasteiger partial charge in [-0.15, -0.1) is 11.8 Å². The fraction of sp³-hybridized carbons (Fsp3) is 0.316. The van der Waals surface area contributed by atoms with Crippen molar-refractivity contribution in [1.82, 2.24) is 4.90 Å². The van der Waals surface area contributed by atoms with E-state index in [1.54, 1.807) is 11.8 Å². The maximum atomic E-state index is 12.4. The Kier molecular flexibility index (Phi) is 5.56. The van der Waals surface area contributed by atoms with Crippen LogP contribution in [0.5, 0.6) is 0 Å². The standard InChI is InChI=1S/C19H22N2O2S/c1-24-16-7-4-6-15(11-16)20-19(23)12-21-10-9-14-5-2-3-8-17(14)18(21)13-22/h2-8,11,18,22H,9-10,12-13H2,1H3,(H,20,23). The van der Waals surface area contributed by atoms with Gasteiger partial charge in [0.15, 0.2) is 0 Å². The number of thioether (sulfide) groups is 1. The largest absolute Gasteiger partial charge is 0.394 e. The Hall–Kier alpha value is -1.82. The molecule has 1 amide bonds. The van der Waals surface area contributed by atoms with Gasteiger partial charge in [-0.3, -0.25) is 9.69 Å². The van der Waals surface area contributed by atoms with Crippen LogP contribution in [0.4, 0.5) is 5.69 Å². The number of fused-ring (bicyclic) bond motifs is 1. The van der Waals surface area contributed by atoms with Gasteiger partial charge in [-0.1, -0.05) is 30.3 Å². The number of aliphatic hydroxyl groups excluding tert-OH is 1. The number of anilines is 1. The van der Waals surface area contributed by atoms with Crippen molar-refractivity contribution in [1.29, 1.82) is 0 Å². The van der Waals surface area contributed by atoms with Crippen molar-refractivity contribution in [2.75, 3.05) is 31.3 Å². The van der Waals surface area contributed by atoms with E-state index in [4.69, 9.17) is 0 Å². The van der Waals surface area contributed by atoms with Gasteiger partial charge in [0, 0.05) is 17.1 Å². The number of nitrogens with one attached hydrogen (secondary N) is 1. The van der Waals surface area contributed by atoms with E-state index in [9.17, 15) is 9.90 Å². The summed E-state index contributed by atoms with van der Waals surface area (Å²) in [6.07, 6.45) is 2.92. The van der Waals surface area contributed by atoms with Crippen molar-refractivity contribution in [2.45, 2.75) is 17.4 Å². The minimum absolute atomic E-state index is 0.0201. The lowest BCUT2D eigenvalue weighted by atomic mass is 9.93. The van der Waals surface area contributed by atoms with E-state index in [2.05, 4.69) is 16.3 Å². The molecule has 0 aliphatic carbocycles. The molecule has 4 nitrogen and oxygen atoms in total. The monoisotopic (exact) mass is 342 g/mol. The number of amides is 1. The van der Waals surface area contributed by atoms with Gasteiger partial charge >= 0.3 is 0 Å². The molecule has 3 rings (SSSR count). The van der Waals surface area contributed by atoms with Crippen molar-refractivity contribution in [3.8, 4) is 0 Å². The molecule has 1 heterocycles. The normalized spacial score (nSPS) is 17.3. The average molecular weight is 342 g/mol. The van der Waals surface area contributed by atoms with Crippen LogP contribution in [0.1, 0.15) is 17.2 Å². The van der Waals surface area contributed by atoms with Crippen LogP contribution in [-0.4, -0.2) is 41.9 Å². The third-order valence-corrected chi connectivity index (χ3v) is 5.12. The van der Waals surface area contributed by atoms with Crippen LogP contribution < -0.4 is 5.32 Å². The van der Waals surface area contributed by atoms with Gasteiger partial charge in [0.05, 0.1) is 19.2 Å². The first kappa shape index (κ1) is 17.0. The quantitative estimate of drug-likeness (QED) is 0.821. The number of nitrogens with zero attached hydrogens (tertiary/aromatic N) is 1. The molecule has 2 N–H and O–H groups in total. The van der Waals surface area contributed by atoms with E-state index in [0.717, 1.165) is 29.1 Å². The number of hydrogen-bond donors (Lipinski definition) is 2. The molecular weight excluding hydrogens is 320 g/mol. The van der Waals surface area contributed by atoms with Crippen molar-refractivity contribution < 1.29 is 9.90 Å². The van der Waals surface area contributed by atoms with Gasteiger partial charge in [0.1, 0.15) is 0 Å². The summed E-state index contributed by atoms with van der Waals surface area (Å²) in [6.45, 7) is 1.08. The molecule has 0 saturated carbocycles. The molecular formula is C19H22N2O2S. The number of carbonyl (C=O) groups is 1. The molecule has 0 radical (unpaired) electrons. The molecule has 1 aliphatic heterocycles. The van der Waals surface area contributed by atoms with Crippen LogP contribution in [0.2, 0.25) is 0 Å². The Balaban J connectivity index is 1.68.